The summed E-state index contributed by atoms with van der Waals surface area (Å²) in [6, 6.07) is 20.4. The first kappa shape index (κ1) is 139. The standard InChI is InChI=1S/C52H80S4.C26H38S2.C24H36Br2S2.6CH3.H22P20.2Sn/c1-7-11-15-19-23-27-31-43-38-49(54-42(43)6)50-40-46(34-30-26-22-18-14-10-4)52(56-50)51-39-45(33-29-25-21-17-13-9-3)48(55-51)36-35-47-44(37-41(5)53-47)32-28-24-20-16-12-8-2;1-3-5-7-9-11-13-15-23-19-21-27-25(23)17-18-26-24(20-22-28-26)16-14-12-10-8-6-4-2;1-3-5-7-9-11-13-15-19-17-21(27-23(19)25)22-18-20(24(26)28-22)16-14-12-10-8-6-4-2;;;;;;;1-12(2)17(11)20(18(13(3)4)14(5)6)19(15(7)8)16(9)10;;/h35-40H,7-34H2,1-6H3;17-20H,3-16H2,1-2H3;17-18H,3-16H2,1-2H3;6*1H3;1-11H2;;/b36-35+;18-17+;;;;;;;;;;. The van der Waals surface area contributed by atoms with Crippen LogP contribution in [-0.4, -0.2) is 36.8 Å². The summed E-state index contributed by atoms with van der Waals surface area (Å²) in [7, 11) is 34.7. The van der Waals surface area contributed by atoms with Crippen molar-refractivity contribution in [2.45, 2.75) is 458 Å². The zero-order valence-electron chi connectivity index (χ0n) is 89.9. The van der Waals surface area contributed by atoms with Gasteiger partial charge in [0.2, 0.25) is 0 Å². The molecule has 0 aliphatic rings. The van der Waals surface area contributed by atoms with Crippen LogP contribution in [0.25, 0.3) is 53.6 Å². The molecular formula is C108H194Br2P20S8Sn2. The van der Waals surface area contributed by atoms with Crippen LogP contribution in [0.2, 0.25) is 29.6 Å². The SMILES string of the molecule is CCCCCCCCc1c[c]([Sn]([CH3])([CH3])[CH3])sc1/C=C/c1s[c]([Sn]([CH3])([CH3])[CH3])cc1CCCCCCCC.CCCCCCCCc1cc(-c2cc(CCCCCCCC)c(-c3cc(CCCCCCCC)c(/C=C/c4sc(C)cc4CCCCCCCC)s3)s2)sc1C.CCCCCCCCc1cc(-c2cc(CCCCCCCC)c(Br)s2)sc1Br.PP(P)P(P)P(P(P(P)P)P(P)P)P(P(P)P)P(P)P. The molecular weight excluding hydrogens is 2570 g/mol. The monoisotopic (exact) mass is 2760 g/mol. The Morgan fingerprint density at radius 1 is 0.236 bits per heavy atom. The molecule has 0 amide bonds. The molecule has 8 rings (SSSR count). The molecule has 0 radical (unpaired) electrons. The Kier molecular flexibility index (Phi) is 81.8. The van der Waals surface area contributed by atoms with Crippen molar-refractivity contribution in [2.24, 2.45) is 0 Å². The predicted octanol–water partition coefficient (Wildman–Crippen LogP) is 52.7. The second-order valence-corrected chi connectivity index (χ2v) is 162. The minimum absolute atomic E-state index is 0.0247. The summed E-state index contributed by atoms with van der Waals surface area (Å²) in [6.45, 7) is 23.8. The van der Waals surface area contributed by atoms with Crippen LogP contribution in [0.15, 0.2) is 56.1 Å². The molecule has 0 aliphatic carbocycles. The molecule has 8 heterocycles. The molecule has 0 aliphatic heterocycles. The molecule has 12 atom stereocenters. The largest absolute Gasteiger partial charge is 0.141 e. The van der Waals surface area contributed by atoms with Gasteiger partial charge in [-0.2, -0.15) is 0 Å². The van der Waals surface area contributed by atoms with E-state index in [0.717, 1.165) is 0 Å². The van der Waals surface area contributed by atoms with E-state index in [1.54, 1.807) is 53.8 Å². The molecule has 0 bridgehead atoms. The number of rotatable bonds is 73. The van der Waals surface area contributed by atoms with Gasteiger partial charge >= 0.3 is 244 Å². The van der Waals surface area contributed by atoms with Crippen molar-refractivity contribution in [3.63, 3.8) is 0 Å². The summed E-state index contributed by atoms with van der Waals surface area (Å²) < 4.78 is 6.15. The minimum atomic E-state index is -2.06. The van der Waals surface area contributed by atoms with Gasteiger partial charge in [0.1, 0.15) is 0 Å². The summed E-state index contributed by atoms with van der Waals surface area (Å²) in [6.07, 6.45) is 85.5. The molecule has 0 aromatic carbocycles. The average Bonchev–Trinajstić information content (AvgIpc) is 1.60. The molecule has 12 unspecified atom stereocenters. The third-order valence-corrected chi connectivity index (χ3v) is 181. The molecule has 0 saturated carbocycles. The number of hydrogen-bond acceptors (Lipinski definition) is 8. The van der Waals surface area contributed by atoms with Gasteiger partial charge in [-0.3, -0.25) is 0 Å². The fourth-order valence-electron chi connectivity index (χ4n) is 17.3. The maximum absolute atomic E-state index is 3.82. The van der Waals surface area contributed by atoms with Crippen LogP contribution >= 0.6 is 284 Å². The van der Waals surface area contributed by atoms with Gasteiger partial charge < -0.3 is 0 Å². The topological polar surface area (TPSA) is 0 Å². The van der Waals surface area contributed by atoms with E-state index in [-0.39, 0.29) is 62.9 Å². The van der Waals surface area contributed by atoms with Crippen molar-refractivity contribution in [1.82, 2.24) is 0 Å². The Hall–Kier alpha value is 8.24. The first-order chi connectivity index (χ1) is 67.2. The van der Waals surface area contributed by atoms with Crippen molar-refractivity contribution in [2.75, 3.05) is 0 Å². The van der Waals surface area contributed by atoms with E-state index in [9.17, 15) is 0 Å². The van der Waals surface area contributed by atoms with Crippen molar-refractivity contribution >= 4 is 350 Å². The van der Waals surface area contributed by atoms with Gasteiger partial charge in [0.15, 0.2) is 0 Å². The molecule has 0 nitrogen and oxygen atoms in total. The smallest absolute Gasteiger partial charge is 0.0737 e. The molecule has 0 spiro atoms. The summed E-state index contributed by atoms with van der Waals surface area (Å²) in [5.74, 6) is 0. The quantitative estimate of drug-likeness (QED) is 0.0202. The van der Waals surface area contributed by atoms with E-state index >= 15 is 0 Å². The van der Waals surface area contributed by atoms with Crippen molar-refractivity contribution in [3.8, 4) is 29.3 Å². The fraction of sp³-hybridized carbons (Fsp3) is 0.667. The Balaban J connectivity index is 0.000000354. The maximum Gasteiger partial charge on any atom is 0.0737 e. The molecule has 8 aromatic rings. The van der Waals surface area contributed by atoms with Gasteiger partial charge in [0, 0.05) is 48.8 Å². The van der Waals surface area contributed by atoms with Crippen molar-refractivity contribution in [1.29, 1.82) is 0 Å². The Bertz CT molecular complexity index is 4410. The number of halogens is 2. The first-order valence-corrected chi connectivity index (χ1v) is 118. The number of aryl methyl sites for hydroxylation is 10. The fourth-order valence-corrected chi connectivity index (χ4v) is 265. The van der Waals surface area contributed by atoms with Crippen LogP contribution in [0.4, 0.5) is 0 Å². The second-order valence-electron chi connectivity index (χ2n) is 40.6. The van der Waals surface area contributed by atoms with Crippen molar-refractivity contribution in [3.05, 3.63) is 130 Å². The third kappa shape index (κ3) is 56.2. The van der Waals surface area contributed by atoms with Crippen LogP contribution in [0.5, 0.6) is 0 Å². The van der Waals surface area contributed by atoms with E-state index in [2.05, 4.69) is 347 Å². The van der Waals surface area contributed by atoms with Crippen LogP contribution in [-0.2, 0) is 51.4 Å². The predicted molar refractivity (Wildman–Crippen MR) is 746 cm³/mol. The van der Waals surface area contributed by atoms with Gasteiger partial charge in [-0.1, -0.05) is 234 Å². The van der Waals surface area contributed by atoms with Gasteiger partial charge in [0.25, 0.3) is 0 Å². The van der Waals surface area contributed by atoms with E-state index in [1.807, 2.05) is 45.3 Å². The van der Waals surface area contributed by atoms with Gasteiger partial charge in [0.05, 0.1) is 7.57 Å². The molecule has 140 heavy (non-hydrogen) atoms. The van der Waals surface area contributed by atoms with Gasteiger partial charge in [-0.25, -0.2) is 0 Å². The Morgan fingerprint density at radius 3 is 0.779 bits per heavy atom. The van der Waals surface area contributed by atoms with Crippen LogP contribution < -0.4 is 5.79 Å². The molecule has 0 N–H and O–H groups in total. The first-order valence-electron chi connectivity index (χ1n) is 54.3. The number of hydrogen-bond donors (Lipinski definition) is 0. The van der Waals surface area contributed by atoms with E-state index in [1.165, 1.54) is 422 Å². The normalized spacial score (nSPS) is 12.5. The van der Waals surface area contributed by atoms with Gasteiger partial charge in [-0.15, -0.1) is 166 Å². The maximum atomic E-state index is 3.82. The molecule has 0 fully saturated rings. The summed E-state index contributed by atoms with van der Waals surface area (Å²) in [5, 5.41) is 0. The van der Waals surface area contributed by atoms with E-state index in [4.69, 9.17) is 0 Å². The second kappa shape index (κ2) is 82.6. The Morgan fingerprint density at radius 2 is 0.471 bits per heavy atom. The van der Waals surface area contributed by atoms with Gasteiger partial charge in [-0.05, 0) is 268 Å². The van der Waals surface area contributed by atoms with Crippen LogP contribution in [0.1, 0.15) is 437 Å². The van der Waals surface area contributed by atoms with Crippen molar-refractivity contribution < 1.29 is 0 Å². The summed E-state index contributed by atoms with van der Waals surface area (Å²) >= 11 is 19.8. The average molecular weight is 2770 g/mol. The molecule has 8 aromatic heterocycles. The summed E-state index contributed by atoms with van der Waals surface area (Å²) in [5.41, 5.74) is 12.6. The molecule has 0 saturated heterocycles. The third-order valence-electron chi connectivity index (χ3n) is 25.8. The molecule has 796 valence electrons. The summed E-state index contributed by atoms with van der Waals surface area (Å²) in [4.78, 5) is 33.4. The Labute approximate surface area is 955 Å². The number of unbranched alkanes of at least 4 members (excludes halogenated alkanes) is 40. The van der Waals surface area contributed by atoms with E-state index in [0.29, 0.717) is 0 Å². The number of thiophene rings is 8. The van der Waals surface area contributed by atoms with Crippen LogP contribution in [0.3, 0.4) is 0 Å². The van der Waals surface area contributed by atoms with E-state index < -0.39 is 36.8 Å². The van der Waals surface area contributed by atoms with Crippen LogP contribution in [0, 0.1) is 13.8 Å². The molecule has 32 heteroatoms. The zero-order chi connectivity index (χ0) is 103. The zero-order valence-corrected chi connectivity index (χ0v) is 126. The minimum Gasteiger partial charge on any atom is -0.141 e.